The minimum atomic E-state index is -1.05. The predicted octanol–water partition coefficient (Wildman–Crippen LogP) is 5.60. The monoisotopic (exact) mass is 447 g/mol. The molecule has 0 radical (unpaired) electrons. The highest BCUT2D eigenvalue weighted by Crippen LogP contribution is 2.21. The molecule has 0 saturated heterocycles. The second kappa shape index (κ2) is 19.0. The van der Waals surface area contributed by atoms with Crippen LogP contribution in [-0.2, 0) is 4.79 Å². The molecule has 0 aromatic heterocycles. The molecule has 0 aromatic rings. The van der Waals surface area contributed by atoms with Crippen molar-refractivity contribution in [3.63, 3.8) is 0 Å². The highest BCUT2D eigenvalue weighted by Gasteiger charge is 2.34. The first kappa shape index (κ1) is 28.6. The van der Waals surface area contributed by atoms with E-state index in [4.69, 9.17) is 5.73 Å². The molecule has 0 amide bonds. The summed E-state index contributed by atoms with van der Waals surface area (Å²) in [7, 11) is 0. The lowest BCUT2D eigenvalue weighted by atomic mass is 10.0. The lowest BCUT2D eigenvalue weighted by Crippen LogP contribution is -2.55. The predicted molar refractivity (Wildman–Crippen MR) is 134 cm³/mol. The van der Waals surface area contributed by atoms with Crippen LogP contribution in [0.4, 0.5) is 0 Å². The van der Waals surface area contributed by atoms with Crippen LogP contribution in [0.5, 0.6) is 0 Å². The number of hydrogen-bond acceptors (Lipinski definition) is 4. The third-order valence-electron chi connectivity index (χ3n) is 6.54. The van der Waals surface area contributed by atoms with Gasteiger partial charge in [-0.25, -0.2) is 9.48 Å². The Morgan fingerprint density at radius 2 is 1.41 bits per heavy atom. The molecular weight excluding hydrogens is 398 g/mol. The van der Waals surface area contributed by atoms with Gasteiger partial charge >= 0.3 is 0 Å². The van der Waals surface area contributed by atoms with Crippen LogP contribution in [0.25, 0.3) is 0 Å². The largest absolute Gasteiger partial charge is 0.544 e. The Bertz CT molecular complexity index is 571. The van der Waals surface area contributed by atoms with Gasteiger partial charge < -0.3 is 15.6 Å². The van der Waals surface area contributed by atoms with Gasteiger partial charge in [0.25, 0.3) is 0 Å². The summed E-state index contributed by atoms with van der Waals surface area (Å²) in [5.41, 5.74) is 5.71. The molecular formula is C27H49N3O2. The van der Waals surface area contributed by atoms with E-state index in [9.17, 15) is 9.90 Å². The number of rotatable bonds is 22. The summed E-state index contributed by atoms with van der Waals surface area (Å²) >= 11 is 0. The molecule has 1 aliphatic heterocycles. The van der Waals surface area contributed by atoms with E-state index in [0.717, 1.165) is 18.7 Å². The van der Waals surface area contributed by atoms with E-state index in [2.05, 4.69) is 24.1 Å². The van der Waals surface area contributed by atoms with Crippen LogP contribution in [0.15, 0.2) is 29.5 Å². The van der Waals surface area contributed by atoms with Gasteiger partial charge in [0.1, 0.15) is 19.3 Å². The first-order valence-electron chi connectivity index (χ1n) is 13.3. The van der Waals surface area contributed by atoms with Gasteiger partial charge in [-0.2, -0.15) is 0 Å². The quantitative estimate of drug-likeness (QED) is 0.133. The summed E-state index contributed by atoms with van der Waals surface area (Å²) in [6.45, 7) is 3.04. The summed E-state index contributed by atoms with van der Waals surface area (Å²) in [6, 6.07) is 0. The van der Waals surface area contributed by atoms with Gasteiger partial charge in [-0.1, -0.05) is 95.6 Å². The maximum atomic E-state index is 11.2. The van der Waals surface area contributed by atoms with Crippen LogP contribution < -0.4 is 10.8 Å². The number of hydrogen-bond donors (Lipinski definition) is 1. The van der Waals surface area contributed by atoms with Crippen molar-refractivity contribution in [2.24, 2.45) is 10.7 Å². The normalized spacial score (nSPS) is 18.0. The van der Waals surface area contributed by atoms with Gasteiger partial charge in [0, 0.05) is 13.0 Å². The molecule has 184 valence electrons. The molecule has 0 bridgehead atoms. The molecule has 0 saturated carbocycles. The average molecular weight is 448 g/mol. The Kier molecular flexibility index (Phi) is 17.0. The number of unbranched alkanes of at least 4 members (excludes halogenated alkanes) is 15. The Hall–Kier alpha value is -1.46. The number of nitrogens with two attached hydrogens (primary N) is 1. The number of allylic oxidation sites excluding steroid dienone is 2. The molecule has 1 aliphatic rings. The zero-order valence-electron chi connectivity index (χ0n) is 20.7. The summed E-state index contributed by atoms with van der Waals surface area (Å²) in [4.78, 5) is 15.6. The van der Waals surface area contributed by atoms with Gasteiger partial charge in [-0.3, -0.25) is 0 Å². The molecule has 0 fully saturated rings. The SMILES string of the molecule is C/C=C/CCCCCCCCCCCCCCCCCC1=NC=C[N+]1(CCN)CC(=O)[O-]. The fourth-order valence-corrected chi connectivity index (χ4v) is 4.63. The fraction of sp³-hybridized carbons (Fsp3) is 0.778. The van der Waals surface area contributed by atoms with Crippen LogP contribution >= 0.6 is 0 Å². The van der Waals surface area contributed by atoms with Gasteiger partial charge in [-0.15, -0.1) is 0 Å². The second-order valence-electron chi connectivity index (χ2n) is 9.33. The van der Waals surface area contributed by atoms with E-state index >= 15 is 0 Å². The number of amidine groups is 1. The van der Waals surface area contributed by atoms with Crippen molar-refractivity contribution >= 4 is 11.8 Å². The number of aliphatic carboxylic acids is 1. The molecule has 2 N–H and O–H groups in total. The van der Waals surface area contributed by atoms with Crippen molar-refractivity contribution in [3.05, 3.63) is 24.6 Å². The Labute approximate surface area is 197 Å². The topological polar surface area (TPSA) is 78.5 Å². The van der Waals surface area contributed by atoms with E-state index in [1.807, 2.05) is 6.20 Å². The highest BCUT2D eigenvalue weighted by atomic mass is 16.4. The van der Waals surface area contributed by atoms with E-state index in [0.29, 0.717) is 13.1 Å². The molecule has 1 atom stereocenters. The molecule has 0 aromatic carbocycles. The van der Waals surface area contributed by atoms with Crippen LogP contribution in [0, 0.1) is 0 Å². The Morgan fingerprint density at radius 3 is 1.88 bits per heavy atom. The van der Waals surface area contributed by atoms with Gasteiger partial charge in [-0.05, 0) is 26.2 Å². The van der Waals surface area contributed by atoms with E-state index in [-0.39, 0.29) is 11.0 Å². The number of carboxylic acid groups (broad SMARTS) is 1. The van der Waals surface area contributed by atoms with Crippen molar-refractivity contribution < 1.29 is 14.4 Å². The van der Waals surface area contributed by atoms with Crippen molar-refractivity contribution in [3.8, 4) is 0 Å². The minimum Gasteiger partial charge on any atom is -0.544 e. The molecule has 0 spiro atoms. The third-order valence-corrected chi connectivity index (χ3v) is 6.54. The summed E-state index contributed by atoms with van der Waals surface area (Å²) in [5.74, 6) is -0.123. The Balaban J connectivity index is 1.91. The van der Waals surface area contributed by atoms with Gasteiger partial charge in [0.15, 0.2) is 0 Å². The fourth-order valence-electron chi connectivity index (χ4n) is 4.63. The summed E-state index contributed by atoms with van der Waals surface area (Å²) in [5, 5.41) is 11.2. The van der Waals surface area contributed by atoms with Crippen LogP contribution in [0.1, 0.15) is 116 Å². The van der Waals surface area contributed by atoms with Crippen LogP contribution in [0.2, 0.25) is 0 Å². The van der Waals surface area contributed by atoms with Crippen molar-refractivity contribution in [1.29, 1.82) is 0 Å². The maximum Gasteiger partial charge on any atom is 0.207 e. The number of quaternary nitrogens is 1. The van der Waals surface area contributed by atoms with Crippen molar-refractivity contribution in [1.82, 2.24) is 0 Å². The lowest BCUT2D eigenvalue weighted by molar-refractivity contribution is -0.780. The molecule has 1 heterocycles. The molecule has 5 nitrogen and oxygen atoms in total. The number of nitrogens with zero attached hydrogens (tertiary/aromatic N) is 2. The van der Waals surface area contributed by atoms with Crippen molar-refractivity contribution in [2.75, 3.05) is 19.6 Å². The zero-order valence-corrected chi connectivity index (χ0v) is 20.7. The molecule has 1 unspecified atom stereocenters. The van der Waals surface area contributed by atoms with E-state index < -0.39 is 5.97 Å². The smallest absolute Gasteiger partial charge is 0.207 e. The van der Waals surface area contributed by atoms with Gasteiger partial charge in [0.2, 0.25) is 5.84 Å². The standard InChI is InChI=1S/C27H49N3O2/c1-2-3-4-5-6-7-8-9-10-11-12-13-14-15-16-17-18-19-20-26-29-22-24-30(26,23-21-28)25-27(31)32/h2-3,22,24H,4-21,23,25,28H2,1H3/b3-2+. The van der Waals surface area contributed by atoms with Gasteiger partial charge in [0.05, 0.1) is 12.2 Å². The maximum absolute atomic E-state index is 11.2. The first-order valence-corrected chi connectivity index (χ1v) is 13.3. The van der Waals surface area contributed by atoms with E-state index in [1.54, 1.807) is 6.20 Å². The summed E-state index contributed by atoms with van der Waals surface area (Å²) < 4.78 is 0.245. The molecule has 5 heteroatoms. The number of carbonyl (C=O) groups is 1. The summed E-state index contributed by atoms with van der Waals surface area (Å²) in [6.07, 6.45) is 30.2. The van der Waals surface area contributed by atoms with E-state index in [1.165, 1.54) is 96.3 Å². The second-order valence-corrected chi connectivity index (χ2v) is 9.33. The highest BCUT2D eigenvalue weighted by molar-refractivity contribution is 5.80. The minimum absolute atomic E-state index is 0.0661. The average Bonchev–Trinajstić information content (AvgIpc) is 3.14. The molecule has 32 heavy (non-hydrogen) atoms. The molecule has 0 aliphatic carbocycles. The number of carbonyl (C=O) groups excluding carboxylic acids is 1. The zero-order chi connectivity index (χ0) is 23.3. The number of aliphatic imine (C=N–C) groups is 1. The van der Waals surface area contributed by atoms with Crippen LogP contribution in [-0.4, -0.2) is 35.9 Å². The molecule has 1 rings (SSSR count). The van der Waals surface area contributed by atoms with Crippen LogP contribution in [0.3, 0.4) is 0 Å². The third kappa shape index (κ3) is 13.2. The number of carboxylic acids is 1. The first-order chi connectivity index (χ1) is 15.6. The van der Waals surface area contributed by atoms with Crippen molar-refractivity contribution in [2.45, 2.75) is 116 Å². The Morgan fingerprint density at radius 1 is 0.906 bits per heavy atom. The lowest BCUT2D eigenvalue weighted by Gasteiger charge is -2.32.